The van der Waals surface area contributed by atoms with Crippen LogP contribution < -0.4 is 10.1 Å². The first kappa shape index (κ1) is 23.0. The van der Waals surface area contributed by atoms with Crippen molar-refractivity contribution in [3.63, 3.8) is 0 Å². The van der Waals surface area contributed by atoms with Crippen molar-refractivity contribution in [1.29, 1.82) is 5.26 Å². The number of carbonyl (C=O) groups is 2. The number of aromatic amines is 1. The Kier molecular flexibility index (Phi) is 5.01. The van der Waals surface area contributed by atoms with Crippen LogP contribution in [0.1, 0.15) is 33.0 Å². The molecule has 3 aromatic carbocycles. The third-order valence-electron chi connectivity index (χ3n) is 8.13. The van der Waals surface area contributed by atoms with Crippen molar-refractivity contribution < 1.29 is 14.3 Å². The Balaban J connectivity index is 1.69. The summed E-state index contributed by atoms with van der Waals surface area (Å²) in [5.41, 5.74) is 0.901. The number of H-pyrrole nitrogens is 1. The molecule has 0 radical (unpaired) electrons. The third kappa shape index (κ3) is 2.85. The van der Waals surface area contributed by atoms with Crippen molar-refractivity contribution in [3.05, 3.63) is 95.2 Å². The van der Waals surface area contributed by atoms with Crippen LogP contribution >= 0.6 is 0 Å². The van der Waals surface area contributed by atoms with Crippen LogP contribution in [0.4, 0.5) is 5.69 Å². The third-order valence-corrected chi connectivity index (χ3v) is 8.13. The number of rotatable bonds is 4. The molecule has 7 nitrogen and oxygen atoms in total. The van der Waals surface area contributed by atoms with Gasteiger partial charge in [-0.1, -0.05) is 48.0 Å². The first-order chi connectivity index (χ1) is 17.9. The van der Waals surface area contributed by atoms with Crippen LogP contribution in [-0.4, -0.2) is 42.3 Å². The molecule has 1 saturated heterocycles. The van der Waals surface area contributed by atoms with Crippen molar-refractivity contribution in [2.45, 2.75) is 18.4 Å². The fourth-order valence-electron chi connectivity index (χ4n) is 6.49. The van der Waals surface area contributed by atoms with Crippen molar-refractivity contribution >= 4 is 28.3 Å². The predicted octanol–water partition coefficient (Wildman–Crippen LogP) is 4.75. The van der Waals surface area contributed by atoms with Gasteiger partial charge in [0.2, 0.25) is 0 Å². The molecule has 37 heavy (non-hydrogen) atoms. The lowest BCUT2D eigenvalue weighted by atomic mass is 9.58. The van der Waals surface area contributed by atoms with Crippen molar-refractivity contribution in [2.24, 2.45) is 5.41 Å². The van der Waals surface area contributed by atoms with E-state index in [-0.39, 0.29) is 11.7 Å². The Labute approximate surface area is 214 Å². The Morgan fingerprint density at radius 2 is 1.95 bits per heavy atom. The van der Waals surface area contributed by atoms with E-state index in [1.165, 1.54) is 0 Å². The van der Waals surface area contributed by atoms with Gasteiger partial charge in [-0.25, -0.2) is 0 Å². The monoisotopic (exact) mass is 490 g/mol. The number of nitrogens with one attached hydrogen (secondary N) is 2. The summed E-state index contributed by atoms with van der Waals surface area (Å²) in [5, 5.41) is 14.9. The average molecular weight is 491 g/mol. The number of Topliss-reactive ketones (excluding diaryl/α,β-unsaturated/α-hetero) is 1. The molecule has 7 heteroatoms. The maximum atomic E-state index is 14.9. The van der Waals surface area contributed by atoms with E-state index in [0.717, 1.165) is 22.0 Å². The van der Waals surface area contributed by atoms with E-state index < -0.39 is 16.9 Å². The Bertz CT molecular complexity index is 1630. The van der Waals surface area contributed by atoms with E-state index in [0.29, 0.717) is 29.1 Å². The lowest BCUT2D eigenvalue weighted by Gasteiger charge is -2.41. The molecule has 184 valence electrons. The smallest absolute Gasteiger partial charge is 0.251 e. The van der Waals surface area contributed by atoms with Crippen LogP contribution in [0.15, 0.2) is 72.9 Å². The van der Waals surface area contributed by atoms with Crippen molar-refractivity contribution in [1.82, 2.24) is 9.88 Å². The molecular formula is C30H26N4O3. The average Bonchev–Trinajstić information content (AvgIpc) is 3.56. The van der Waals surface area contributed by atoms with Gasteiger partial charge in [0.15, 0.2) is 16.7 Å². The summed E-state index contributed by atoms with van der Waals surface area (Å²) in [4.78, 5) is 34.0. The lowest BCUT2D eigenvalue weighted by Crippen LogP contribution is -2.58. The number of ketones is 1. The molecule has 1 unspecified atom stereocenters. The second-order valence-electron chi connectivity index (χ2n) is 9.92. The molecule has 3 heterocycles. The lowest BCUT2D eigenvalue weighted by molar-refractivity contribution is -0.128. The SMILES string of the molecule is COc1cccc([C@@H]2CN(C)C3(C(=O)Nc4ccc(C)cc43)[C@@]2(C#N)C(=O)c2c[nH]c3ccccc23)c1. The van der Waals surface area contributed by atoms with Gasteiger partial charge in [-0.2, -0.15) is 5.26 Å². The molecule has 0 bridgehead atoms. The van der Waals surface area contributed by atoms with Crippen molar-refractivity contribution in [2.75, 3.05) is 26.0 Å². The van der Waals surface area contributed by atoms with Crippen LogP contribution in [0.5, 0.6) is 5.75 Å². The van der Waals surface area contributed by atoms with Crippen LogP contribution in [0, 0.1) is 23.7 Å². The van der Waals surface area contributed by atoms with Crippen LogP contribution in [-0.2, 0) is 10.3 Å². The summed E-state index contributed by atoms with van der Waals surface area (Å²) >= 11 is 0. The minimum atomic E-state index is -1.76. The number of hydrogen-bond acceptors (Lipinski definition) is 5. The molecule has 6 rings (SSSR count). The number of aryl methyl sites for hydroxylation is 1. The molecule has 0 aliphatic carbocycles. The number of ether oxygens (including phenoxy) is 1. The van der Waals surface area contributed by atoms with Crippen LogP contribution in [0.3, 0.4) is 0 Å². The number of fused-ring (bicyclic) bond motifs is 3. The molecule has 0 saturated carbocycles. The molecule has 1 aromatic heterocycles. The van der Waals surface area contributed by atoms with Gasteiger partial charge < -0.3 is 15.0 Å². The van der Waals surface area contributed by atoms with Gasteiger partial charge in [-0.05, 0) is 43.8 Å². The fourth-order valence-corrected chi connectivity index (χ4v) is 6.49. The highest BCUT2D eigenvalue weighted by atomic mass is 16.5. The number of likely N-dealkylation sites (tertiary alicyclic amines) is 1. The zero-order valence-corrected chi connectivity index (χ0v) is 20.8. The molecule has 1 fully saturated rings. The van der Waals surface area contributed by atoms with E-state index in [9.17, 15) is 14.9 Å². The minimum Gasteiger partial charge on any atom is -0.497 e. The van der Waals surface area contributed by atoms with Gasteiger partial charge in [-0.3, -0.25) is 14.5 Å². The first-order valence-electron chi connectivity index (χ1n) is 12.2. The molecule has 3 atom stereocenters. The van der Waals surface area contributed by atoms with Crippen LogP contribution in [0.25, 0.3) is 10.9 Å². The summed E-state index contributed by atoms with van der Waals surface area (Å²) in [7, 11) is 3.41. The zero-order valence-electron chi connectivity index (χ0n) is 20.8. The molecule has 4 aromatic rings. The Hall–Kier alpha value is -4.41. The maximum Gasteiger partial charge on any atom is 0.251 e. The van der Waals surface area contributed by atoms with Gasteiger partial charge >= 0.3 is 0 Å². The number of likely N-dealkylation sites (N-methyl/N-ethyl adjacent to an activating group) is 1. The van der Waals surface area contributed by atoms with Gasteiger partial charge in [0.25, 0.3) is 5.91 Å². The molecule has 2 aliphatic heterocycles. The standard InChI is InChI=1S/C30H26N4O3/c1-18-11-12-26-23(13-18)30(28(36)33-26)29(17-31,27(35)22-15-32-25-10-5-4-9-21(22)25)24(16-34(30)2)19-7-6-8-20(14-19)37-3/h4-15,24,32H,16H2,1-3H3,(H,33,36)/t24-,29+,30?/m0/s1. The number of nitrogens with zero attached hydrogens (tertiary/aromatic N) is 2. The van der Waals surface area contributed by atoms with E-state index in [1.807, 2.05) is 85.6 Å². The predicted molar refractivity (Wildman–Crippen MR) is 141 cm³/mol. The van der Waals surface area contributed by atoms with Crippen molar-refractivity contribution in [3.8, 4) is 11.8 Å². The number of nitriles is 1. The summed E-state index contributed by atoms with van der Waals surface area (Å²) in [6.45, 7) is 2.27. The molecule has 2 aliphatic rings. The molecular weight excluding hydrogens is 464 g/mol. The second-order valence-corrected chi connectivity index (χ2v) is 9.92. The largest absolute Gasteiger partial charge is 0.497 e. The summed E-state index contributed by atoms with van der Waals surface area (Å²) < 4.78 is 5.48. The van der Waals surface area contributed by atoms with Gasteiger partial charge in [0.05, 0.1) is 13.2 Å². The normalized spacial score (nSPS) is 24.7. The quantitative estimate of drug-likeness (QED) is 0.402. The number of para-hydroxylation sites is 1. The summed E-state index contributed by atoms with van der Waals surface area (Å²) in [5.74, 6) is -0.722. The Morgan fingerprint density at radius 3 is 2.73 bits per heavy atom. The minimum absolute atomic E-state index is 0.329. The van der Waals surface area contributed by atoms with Gasteiger partial charge in [-0.15, -0.1) is 0 Å². The highest BCUT2D eigenvalue weighted by molar-refractivity contribution is 6.18. The number of amides is 1. The van der Waals surface area contributed by atoms with Crippen LogP contribution in [0.2, 0.25) is 0 Å². The Morgan fingerprint density at radius 1 is 1.14 bits per heavy atom. The number of hydrogen-bond donors (Lipinski definition) is 2. The van der Waals surface area contributed by atoms with Gasteiger partial charge in [0, 0.05) is 46.4 Å². The maximum absolute atomic E-state index is 14.9. The number of methoxy groups -OCH3 is 1. The molecule has 1 amide bonds. The second kappa shape index (κ2) is 8.05. The summed E-state index contributed by atoms with van der Waals surface area (Å²) in [6, 6.07) is 23.1. The summed E-state index contributed by atoms with van der Waals surface area (Å²) in [6.07, 6.45) is 1.66. The van der Waals surface area contributed by atoms with E-state index in [1.54, 1.807) is 13.3 Å². The molecule has 1 spiro atoms. The fraction of sp³-hybridized carbons (Fsp3) is 0.233. The number of aromatic nitrogens is 1. The number of anilines is 1. The number of benzene rings is 3. The highest BCUT2D eigenvalue weighted by Crippen LogP contribution is 2.63. The van der Waals surface area contributed by atoms with E-state index in [2.05, 4.69) is 16.4 Å². The topological polar surface area (TPSA) is 98.2 Å². The highest BCUT2D eigenvalue weighted by Gasteiger charge is 2.74. The van der Waals surface area contributed by atoms with Gasteiger partial charge in [0.1, 0.15) is 5.75 Å². The van der Waals surface area contributed by atoms with E-state index >= 15 is 0 Å². The molecule has 2 N–H and O–H groups in total. The number of carbonyl (C=O) groups excluding carboxylic acids is 2. The zero-order chi connectivity index (χ0) is 25.9. The van der Waals surface area contributed by atoms with E-state index in [4.69, 9.17) is 4.74 Å². The first-order valence-corrected chi connectivity index (χ1v) is 12.2.